The van der Waals surface area contributed by atoms with Gasteiger partial charge in [-0.3, -0.25) is 14.3 Å². The molecule has 0 aliphatic carbocycles. The van der Waals surface area contributed by atoms with Crippen LogP contribution < -0.4 is 25.2 Å². The third-order valence-corrected chi connectivity index (χ3v) is 7.04. The average Bonchev–Trinajstić information content (AvgIpc) is 3.15. The number of ether oxygens (including phenoxy) is 2. The zero-order valence-electron chi connectivity index (χ0n) is 23.5. The number of β-amino-alcohol motifs (C(OH)–C–C–N with tert-alkyl or cyclic N) is 1. The van der Waals surface area contributed by atoms with Crippen molar-refractivity contribution in [3.8, 4) is 28.6 Å². The average molecular weight is 618 g/mol. The Labute approximate surface area is 248 Å². The second kappa shape index (κ2) is 11.3. The second-order valence-electron chi connectivity index (χ2n) is 10.3. The Morgan fingerprint density at radius 3 is 2.30 bits per heavy atom. The fraction of sp³-hybridized carbons (Fsp3) is 0.276. The van der Waals surface area contributed by atoms with E-state index in [0.29, 0.717) is 5.69 Å². The number of hydrogen-bond acceptors (Lipinski definition) is 7. The number of carbonyl (C=O) groups is 1. The molecular formula is C29H27ClF3N5O5. The number of anilines is 2. The third-order valence-electron chi connectivity index (χ3n) is 6.83. The molecule has 2 aromatic carbocycles. The molecule has 1 unspecified atom stereocenters. The van der Waals surface area contributed by atoms with Gasteiger partial charge in [-0.2, -0.15) is 4.68 Å². The number of nitrogens with one attached hydrogen (secondary N) is 1. The molecule has 0 spiro atoms. The molecule has 5 rings (SSSR count). The van der Waals surface area contributed by atoms with Crippen molar-refractivity contribution in [2.45, 2.75) is 25.8 Å². The largest absolute Gasteiger partial charge is 0.497 e. The van der Waals surface area contributed by atoms with Crippen LogP contribution >= 0.6 is 11.6 Å². The highest BCUT2D eigenvalue weighted by Gasteiger charge is 2.39. The first-order valence-electron chi connectivity index (χ1n) is 13.0. The van der Waals surface area contributed by atoms with Crippen molar-refractivity contribution in [1.29, 1.82) is 0 Å². The number of pyridine rings is 1. The minimum Gasteiger partial charge on any atom is -0.497 e. The first kappa shape index (κ1) is 30.0. The molecule has 226 valence electrons. The number of rotatable bonds is 8. The summed E-state index contributed by atoms with van der Waals surface area (Å²) in [6.45, 7) is 3.30. The summed E-state index contributed by atoms with van der Waals surface area (Å²) in [6, 6.07) is 10.4. The van der Waals surface area contributed by atoms with E-state index in [2.05, 4.69) is 10.3 Å². The summed E-state index contributed by atoms with van der Waals surface area (Å²) in [7, 11) is 2.62. The molecule has 0 saturated carbocycles. The SMILES string of the molecule is COc1cc(F)c(-c2c(NC(=O)c3ccc(OC(C)F)cc3)c(=O)n(-c3nc(Cl)ccc3N3CC(C)(O)C3)n2C)c(F)c1. The first-order valence-corrected chi connectivity index (χ1v) is 13.4. The van der Waals surface area contributed by atoms with Crippen molar-refractivity contribution in [3.63, 3.8) is 0 Å². The lowest BCUT2D eigenvalue weighted by atomic mass is 9.96. The van der Waals surface area contributed by atoms with E-state index in [4.69, 9.17) is 21.1 Å². The van der Waals surface area contributed by atoms with Crippen LogP contribution in [0.3, 0.4) is 0 Å². The lowest BCUT2D eigenvalue weighted by Crippen LogP contribution is -2.60. The quantitative estimate of drug-likeness (QED) is 0.276. The molecule has 2 N–H and O–H groups in total. The van der Waals surface area contributed by atoms with E-state index in [-0.39, 0.29) is 46.8 Å². The number of nitrogens with zero attached hydrogens (tertiary/aromatic N) is 4. The van der Waals surface area contributed by atoms with Gasteiger partial charge in [-0.1, -0.05) is 11.6 Å². The van der Waals surface area contributed by atoms with Crippen LogP contribution in [0.2, 0.25) is 5.15 Å². The molecule has 0 bridgehead atoms. The lowest BCUT2D eigenvalue weighted by molar-refractivity contribution is 0.0310. The van der Waals surface area contributed by atoms with Gasteiger partial charge in [0.1, 0.15) is 39.7 Å². The van der Waals surface area contributed by atoms with Crippen molar-refractivity contribution in [2.75, 3.05) is 30.4 Å². The molecule has 1 aliphatic heterocycles. The molecule has 2 aromatic heterocycles. The minimum atomic E-state index is -1.58. The van der Waals surface area contributed by atoms with E-state index >= 15 is 8.78 Å². The summed E-state index contributed by atoms with van der Waals surface area (Å²) < 4.78 is 56.2. The molecule has 3 heterocycles. The molecular weight excluding hydrogens is 591 g/mol. The van der Waals surface area contributed by atoms with Gasteiger partial charge in [-0.15, -0.1) is 0 Å². The number of methoxy groups -OCH3 is 1. The predicted molar refractivity (Wildman–Crippen MR) is 154 cm³/mol. The number of carbonyl (C=O) groups excluding carboxylic acids is 1. The van der Waals surface area contributed by atoms with E-state index in [1.54, 1.807) is 17.9 Å². The fourth-order valence-corrected chi connectivity index (χ4v) is 5.11. The number of benzene rings is 2. The maximum atomic E-state index is 15.4. The Hall–Kier alpha value is -4.49. The Morgan fingerprint density at radius 1 is 1.12 bits per heavy atom. The molecule has 10 nitrogen and oxygen atoms in total. The first-order chi connectivity index (χ1) is 20.3. The zero-order chi connectivity index (χ0) is 31.2. The maximum absolute atomic E-state index is 15.4. The fourth-order valence-electron chi connectivity index (χ4n) is 4.96. The van der Waals surface area contributed by atoms with Crippen LogP contribution in [-0.4, -0.2) is 57.5 Å². The topological polar surface area (TPSA) is 111 Å². The molecule has 1 atom stereocenters. The summed E-state index contributed by atoms with van der Waals surface area (Å²) in [5, 5.41) is 12.8. The minimum absolute atomic E-state index is 0.00780. The van der Waals surface area contributed by atoms with E-state index in [1.807, 2.05) is 0 Å². The normalized spacial score (nSPS) is 14.7. The number of aliphatic hydroxyl groups is 1. The van der Waals surface area contributed by atoms with Crippen molar-refractivity contribution in [3.05, 3.63) is 81.2 Å². The van der Waals surface area contributed by atoms with Gasteiger partial charge >= 0.3 is 0 Å². The number of alkyl halides is 1. The van der Waals surface area contributed by atoms with Gasteiger partial charge in [-0.25, -0.2) is 18.2 Å². The van der Waals surface area contributed by atoms with Crippen molar-refractivity contribution in [2.24, 2.45) is 7.05 Å². The Kier molecular flexibility index (Phi) is 7.88. The van der Waals surface area contributed by atoms with Crippen molar-refractivity contribution < 1.29 is 32.5 Å². The lowest BCUT2D eigenvalue weighted by Gasteiger charge is -2.46. The highest BCUT2D eigenvalue weighted by molar-refractivity contribution is 6.29. The second-order valence-corrected chi connectivity index (χ2v) is 10.7. The molecule has 14 heteroatoms. The van der Waals surface area contributed by atoms with Crippen LogP contribution in [0.1, 0.15) is 24.2 Å². The number of aromatic nitrogens is 3. The van der Waals surface area contributed by atoms with Crippen LogP contribution in [0, 0.1) is 11.6 Å². The summed E-state index contributed by atoms with van der Waals surface area (Å²) in [5.41, 5.74) is -2.72. The highest BCUT2D eigenvalue weighted by atomic mass is 35.5. The summed E-state index contributed by atoms with van der Waals surface area (Å²) >= 11 is 6.21. The van der Waals surface area contributed by atoms with Crippen LogP contribution in [0.5, 0.6) is 11.5 Å². The smallest absolute Gasteiger partial charge is 0.297 e. The highest BCUT2D eigenvalue weighted by Crippen LogP contribution is 2.37. The van der Waals surface area contributed by atoms with Crippen LogP contribution in [0.15, 0.2) is 53.3 Å². The number of halogens is 4. The van der Waals surface area contributed by atoms with E-state index in [0.717, 1.165) is 21.5 Å². The van der Waals surface area contributed by atoms with Gasteiger partial charge in [0, 0.05) is 44.8 Å². The van der Waals surface area contributed by atoms with E-state index in [1.165, 1.54) is 51.4 Å². The molecule has 4 aromatic rings. The van der Waals surface area contributed by atoms with E-state index < -0.39 is 46.3 Å². The molecule has 1 fully saturated rings. The van der Waals surface area contributed by atoms with Gasteiger partial charge in [0.25, 0.3) is 11.5 Å². The molecule has 0 radical (unpaired) electrons. The zero-order valence-corrected chi connectivity index (χ0v) is 24.2. The maximum Gasteiger partial charge on any atom is 0.297 e. The monoisotopic (exact) mass is 617 g/mol. The standard InChI is InChI=1S/C29H27ClF3N5O5/c1-15(31)43-17-7-5-16(6-8-17)27(39)35-24-25(23-19(32)11-18(42-4)12-20(23)33)36(3)38(28(24)40)26-21(9-10-22(30)34-26)37-13-29(2,41)14-37/h5-12,15,41H,13-14H2,1-4H3,(H,35,39). The van der Waals surface area contributed by atoms with Gasteiger partial charge in [-0.05, 0) is 43.3 Å². The van der Waals surface area contributed by atoms with Crippen molar-refractivity contribution >= 4 is 28.9 Å². The van der Waals surface area contributed by atoms with E-state index in [9.17, 15) is 19.1 Å². The third kappa shape index (κ3) is 5.77. The Bertz CT molecular complexity index is 1740. The summed E-state index contributed by atoms with van der Waals surface area (Å²) in [6.07, 6.45) is -1.58. The van der Waals surface area contributed by atoms with Gasteiger partial charge in [0.2, 0.25) is 6.36 Å². The Balaban J connectivity index is 1.68. The van der Waals surface area contributed by atoms with Crippen LogP contribution in [0.25, 0.3) is 17.1 Å². The Morgan fingerprint density at radius 2 is 1.74 bits per heavy atom. The molecule has 43 heavy (non-hydrogen) atoms. The van der Waals surface area contributed by atoms with Gasteiger partial charge < -0.3 is 24.8 Å². The molecule has 1 aliphatic rings. The van der Waals surface area contributed by atoms with Crippen LogP contribution in [0.4, 0.5) is 24.5 Å². The van der Waals surface area contributed by atoms with Gasteiger partial charge in [0.15, 0.2) is 5.82 Å². The predicted octanol–water partition coefficient (Wildman–Crippen LogP) is 4.70. The summed E-state index contributed by atoms with van der Waals surface area (Å²) in [5.74, 6) is -2.82. The molecule has 1 saturated heterocycles. The molecule has 1 amide bonds. The number of hydrogen-bond donors (Lipinski definition) is 2. The van der Waals surface area contributed by atoms with Gasteiger partial charge in [0.05, 0.1) is 24.0 Å². The summed E-state index contributed by atoms with van der Waals surface area (Å²) in [4.78, 5) is 33.4. The van der Waals surface area contributed by atoms with Crippen molar-refractivity contribution in [1.82, 2.24) is 14.3 Å². The van der Waals surface area contributed by atoms with Crippen LogP contribution in [-0.2, 0) is 7.05 Å². The number of amides is 1.